The molecule has 76 valence electrons. The second kappa shape index (κ2) is 4.02. The van der Waals surface area contributed by atoms with Gasteiger partial charge in [0, 0.05) is 32.2 Å². The molecule has 0 bridgehead atoms. The van der Waals surface area contributed by atoms with Crippen molar-refractivity contribution in [3.8, 4) is 0 Å². The third-order valence-corrected chi connectivity index (χ3v) is 2.47. The van der Waals surface area contributed by atoms with Crippen molar-refractivity contribution in [2.45, 2.75) is 6.54 Å². The molecule has 3 nitrogen and oxygen atoms in total. The van der Waals surface area contributed by atoms with Crippen molar-refractivity contribution in [2.24, 2.45) is 5.92 Å². The van der Waals surface area contributed by atoms with Gasteiger partial charge in [-0.05, 0) is 12.1 Å². The van der Waals surface area contributed by atoms with E-state index in [9.17, 15) is 4.39 Å². The number of pyridine rings is 1. The molecule has 1 fully saturated rings. The molecule has 2 rings (SSSR count). The highest BCUT2D eigenvalue weighted by Crippen LogP contribution is 2.16. The summed E-state index contributed by atoms with van der Waals surface area (Å²) in [5.41, 5.74) is 0.878. The van der Waals surface area contributed by atoms with Crippen LogP contribution in [0.25, 0.3) is 0 Å². The van der Waals surface area contributed by atoms with Crippen LogP contribution in [0.4, 0.5) is 4.39 Å². The van der Waals surface area contributed by atoms with E-state index < -0.39 is 0 Å². The Kier molecular flexibility index (Phi) is 2.74. The lowest BCUT2D eigenvalue weighted by atomic mass is 10.0. The molecular weight excluding hydrogens is 183 g/mol. The molecule has 1 saturated heterocycles. The van der Waals surface area contributed by atoms with Gasteiger partial charge in [0.15, 0.2) is 0 Å². The van der Waals surface area contributed by atoms with E-state index in [0.717, 1.165) is 25.3 Å². The molecule has 2 heterocycles. The van der Waals surface area contributed by atoms with E-state index in [2.05, 4.69) is 9.88 Å². The maximum Gasteiger partial charge on any atom is 0.141 e. The zero-order valence-electron chi connectivity index (χ0n) is 7.86. The highest BCUT2D eigenvalue weighted by molar-refractivity contribution is 5.05. The van der Waals surface area contributed by atoms with Crippen molar-refractivity contribution >= 4 is 0 Å². The highest BCUT2D eigenvalue weighted by Gasteiger charge is 2.25. The van der Waals surface area contributed by atoms with E-state index in [4.69, 9.17) is 5.11 Å². The Hall–Kier alpha value is -1.00. The SMILES string of the molecule is OCC1CN(Cc2ccc(F)cn2)C1. The minimum atomic E-state index is -0.300. The Morgan fingerprint density at radius 3 is 2.86 bits per heavy atom. The smallest absolute Gasteiger partial charge is 0.141 e. The number of aromatic nitrogens is 1. The van der Waals surface area contributed by atoms with E-state index in [1.807, 2.05) is 0 Å². The molecule has 0 amide bonds. The number of hydrogen-bond donors (Lipinski definition) is 1. The van der Waals surface area contributed by atoms with Gasteiger partial charge in [-0.1, -0.05) is 0 Å². The lowest BCUT2D eigenvalue weighted by Gasteiger charge is -2.37. The normalized spacial score (nSPS) is 18.1. The standard InChI is InChI=1S/C10H13FN2O/c11-9-1-2-10(12-3-9)6-13-4-8(5-13)7-14/h1-3,8,14H,4-7H2. The summed E-state index contributed by atoms with van der Waals surface area (Å²) >= 11 is 0. The largest absolute Gasteiger partial charge is 0.396 e. The Morgan fingerprint density at radius 1 is 1.50 bits per heavy atom. The summed E-state index contributed by atoms with van der Waals surface area (Å²) < 4.78 is 12.5. The van der Waals surface area contributed by atoms with Crippen LogP contribution in [0.2, 0.25) is 0 Å². The molecular formula is C10H13FN2O. The Bertz CT molecular complexity index is 295. The molecule has 1 aliphatic heterocycles. The van der Waals surface area contributed by atoms with Crippen LogP contribution in [-0.4, -0.2) is 34.7 Å². The number of rotatable bonds is 3. The first kappa shape index (κ1) is 9.55. The molecule has 1 N–H and O–H groups in total. The van der Waals surface area contributed by atoms with E-state index in [1.165, 1.54) is 12.3 Å². The van der Waals surface area contributed by atoms with Crippen molar-refractivity contribution in [2.75, 3.05) is 19.7 Å². The third kappa shape index (κ3) is 2.08. The molecule has 0 aliphatic carbocycles. The van der Waals surface area contributed by atoms with E-state index in [-0.39, 0.29) is 12.4 Å². The number of aliphatic hydroxyl groups excluding tert-OH is 1. The van der Waals surface area contributed by atoms with Gasteiger partial charge >= 0.3 is 0 Å². The van der Waals surface area contributed by atoms with Crippen molar-refractivity contribution in [1.29, 1.82) is 0 Å². The van der Waals surface area contributed by atoms with Crippen LogP contribution < -0.4 is 0 Å². The van der Waals surface area contributed by atoms with Crippen LogP contribution in [0.5, 0.6) is 0 Å². The first-order valence-corrected chi connectivity index (χ1v) is 4.71. The fourth-order valence-electron chi connectivity index (χ4n) is 1.65. The first-order valence-electron chi connectivity index (χ1n) is 4.71. The molecule has 1 aromatic heterocycles. The number of aliphatic hydroxyl groups is 1. The average molecular weight is 196 g/mol. The second-order valence-corrected chi connectivity index (χ2v) is 3.71. The summed E-state index contributed by atoms with van der Waals surface area (Å²) in [4.78, 5) is 6.15. The number of hydrogen-bond acceptors (Lipinski definition) is 3. The fraction of sp³-hybridized carbons (Fsp3) is 0.500. The van der Waals surface area contributed by atoms with Gasteiger partial charge < -0.3 is 5.11 Å². The van der Waals surface area contributed by atoms with Crippen LogP contribution in [0.3, 0.4) is 0 Å². The van der Waals surface area contributed by atoms with Crippen molar-refractivity contribution in [1.82, 2.24) is 9.88 Å². The fourth-order valence-corrected chi connectivity index (χ4v) is 1.65. The van der Waals surface area contributed by atoms with Crippen LogP contribution >= 0.6 is 0 Å². The summed E-state index contributed by atoms with van der Waals surface area (Å²) in [7, 11) is 0. The molecule has 14 heavy (non-hydrogen) atoms. The third-order valence-electron chi connectivity index (χ3n) is 2.47. The molecule has 0 aromatic carbocycles. The van der Waals surface area contributed by atoms with Crippen LogP contribution in [0.15, 0.2) is 18.3 Å². The number of halogens is 1. The number of likely N-dealkylation sites (tertiary alicyclic amines) is 1. The predicted octanol–water partition coefficient (Wildman–Crippen LogP) is 0.645. The molecule has 1 aliphatic rings. The zero-order valence-corrected chi connectivity index (χ0v) is 7.86. The number of nitrogens with zero attached hydrogens (tertiary/aromatic N) is 2. The minimum absolute atomic E-state index is 0.257. The highest BCUT2D eigenvalue weighted by atomic mass is 19.1. The van der Waals surface area contributed by atoms with Gasteiger partial charge in [0.2, 0.25) is 0 Å². The van der Waals surface area contributed by atoms with Crippen molar-refractivity contribution in [3.63, 3.8) is 0 Å². The summed E-state index contributed by atoms with van der Waals surface area (Å²) in [5.74, 6) is 0.112. The molecule has 1 aromatic rings. The first-order chi connectivity index (χ1) is 6.78. The van der Waals surface area contributed by atoms with Crippen molar-refractivity contribution < 1.29 is 9.50 Å². The van der Waals surface area contributed by atoms with Gasteiger partial charge in [-0.2, -0.15) is 0 Å². The molecule has 0 saturated carbocycles. The predicted molar refractivity (Wildman–Crippen MR) is 50.0 cm³/mol. The molecule has 0 unspecified atom stereocenters. The van der Waals surface area contributed by atoms with Gasteiger partial charge in [-0.3, -0.25) is 9.88 Å². The topological polar surface area (TPSA) is 36.4 Å². The van der Waals surface area contributed by atoms with Crippen LogP contribution in [0.1, 0.15) is 5.69 Å². The minimum Gasteiger partial charge on any atom is -0.396 e. The van der Waals surface area contributed by atoms with Crippen molar-refractivity contribution in [3.05, 3.63) is 29.8 Å². The Balaban J connectivity index is 1.84. The van der Waals surface area contributed by atoms with E-state index in [1.54, 1.807) is 6.07 Å². The molecule has 0 spiro atoms. The zero-order chi connectivity index (χ0) is 9.97. The van der Waals surface area contributed by atoms with E-state index in [0.29, 0.717) is 5.92 Å². The van der Waals surface area contributed by atoms with Crippen LogP contribution in [0, 0.1) is 11.7 Å². The summed E-state index contributed by atoms with van der Waals surface area (Å²) in [6.45, 7) is 2.83. The summed E-state index contributed by atoms with van der Waals surface area (Å²) in [6.07, 6.45) is 1.23. The lowest BCUT2D eigenvalue weighted by molar-refractivity contribution is 0.0470. The molecule has 4 heteroatoms. The van der Waals surface area contributed by atoms with Gasteiger partial charge in [0.1, 0.15) is 5.82 Å². The van der Waals surface area contributed by atoms with Gasteiger partial charge in [0.05, 0.1) is 11.9 Å². The maximum atomic E-state index is 12.5. The van der Waals surface area contributed by atoms with Crippen LogP contribution in [-0.2, 0) is 6.54 Å². The summed E-state index contributed by atoms with van der Waals surface area (Å²) in [5, 5.41) is 8.81. The van der Waals surface area contributed by atoms with E-state index >= 15 is 0 Å². The second-order valence-electron chi connectivity index (χ2n) is 3.71. The van der Waals surface area contributed by atoms with Gasteiger partial charge in [-0.25, -0.2) is 4.39 Å². The van der Waals surface area contributed by atoms with Gasteiger partial charge in [-0.15, -0.1) is 0 Å². The Labute approximate surface area is 82.2 Å². The quantitative estimate of drug-likeness (QED) is 0.771. The molecule has 0 atom stereocenters. The maximum absolute atomic E-state index is 12.5. The Morgan fingerprint density at radius 2 is 2.29 bits per heavy atom. The average Bonchev–Trinajstić information content (AvgIpc) is 2.13. The molecule has 0 radical (unpaired) electrons. The monoisotopic (exact) mass is 196 g/mol. The summed E-state index contributed by atoms with van der Waals surface area (Å²) in [6, 6.07) is 3.12. The van der Waals surface area contributed by atoms with Gasteiger partial charge in [0.25, 0.3) is 0 Å². The lowest BCUT2D eigenvalue weighted by Crippen LogP contribution is -2.47.